The fraction of sp³-hybridized carbons (Fsp3) is 0.385. The third-order valence-electron chi connectivity index (χ3n) is 6.08. The van der Waals surface area contributed by atoms with Gasteiger partial charge in [0.05, 0.1) is 12.1 Å². The number of carbonyl (C=O) groups is 1. The second-order valence-corrected chi connectivity index (χ2v) is 8.35. The Labute approximate surface area is 184 Å². The summed E-state index contributed by atoms with van der Waals surface area (Å²) < 4.78 is 5.82. The van der Waals surface area contributed by atoms with Crippen molar-refractivity contribution in [3.63, 3.8) is 0 Å². The highest BCUT2D eigenvalue weighted by Crippen LogP contribution is 2.25. The van der Waals surface area contributed by atoms with E-state index in [-0.39, 0.29) is 5.91 Å². The van der Waals surface area contributed by atoms with Crippen LogP contribution in [0.25, 0.3) is 10.9 Å². The lowest BCUT2D eigenvalue weighted by Crippen LogP contribution is -2.49. The first-order valence-electron chi connectivity index (χ1n) is 11.1. The molecule has 2 heterocycles. The Morgan fingerprint density at radius 1 is 0.935 bits per heavy atom. The molecule has 31 heavy (non-hydrogen) atoms. The van der Waals surface area contributed by atoms with Gasteiger partial charge in [0.15, 0.2) is 0 Å². The molecule has 3 aromatic rings. The molecule has 1 amide bonds. The molecule has 0 saturated carbocycles. The average Bonchev–Trinajstić information content (AvgIpc) is 2.78. The van der Waals surface area contributed by atoms with Crippen molar-refractivity contribution in [2.24, 2.45) is 0 Å². The number of fused-ring (bicyclic) bond motifs is 1. The van der Waals surface area contributed by atoms with Gasteiger partial charge < -0.3 is 14.5 Å². The molecule has 1 fully saturated rings. The van der Waals surface area contributed by atoms with Crippen LogP contribution in [0, 0.1) is 20.8 Å². The van der Waals surface area contributed by atoms with E-state index in [1.807, 2.05) is 36.1 Å². The largest absolute Gasteiger partial charge is 0.493 e. The van der Waals surface area contributed by atoms with Gasteiger partial charge in [-0.1, -0.05) is 36.4 Å². The molecule has 4 rings (SSSR count). The maximum absolute atomic E-state index is 12.6. The zero-order chi connectivity index (χ0) is 21.8. The first-order valence-corrected chi connectivity index (χ1v) is 11.1. The van der Waals surface area contributed by atoms with Crippen LogP contribution in [0.2, 0.25) is 0 Å². The van der Waals surface area contributed by atoms with E-state index < -0.39 is 0 Å². The third kappa shape index (κ3) is 4.82. The van der Waals surface area contributed by atoms with Crippen LogP contribution in [0.1, 0.15) is 29.5 Å². The first-order chi connectivity index (χ1) is 15.0. The van der Waals surface area contributed by atoms with E-state index >= 15 is 0 Å². The minimum atomic E-state index is 0.214. The van der Waals surface area contributed by atoms with Gasteiger partial charge in [0.25, 0.3) is 0 Å². The summed E-state index contributed by atoms with van der Waals surface area (Å²) in [4.78, 5) is 21.8. The van der Waals surface area contributed by atoms with E-state index in [0.717, 1.165) is 55.2 Å². The Balaban J connectivity index is 1.28. The number of hydrogen-bond acceptors (Lipinski definition) is 4. The summed E-state index contributed by atoms with van der Waals surface area (Å²) in [5.41, 5.74) is 4.64. The lowest BCUT2D eigenvalue weighted by Gasteiger charge is -2.35. The van der Waals surface area contributed by atoms with Crippen molar-refractivity contribution in [3.8, 4) is 5.75 Å². The normalized spacial score (nSPS) is 14.2. The molecule has 0 aliphatic carbocycles. The predicted octanol–water partition coefficient (Wildman–Crippen LogP) is 4.67. The number of piperazine rings is 1. The van der Waals surface area contributed by atoms with Crippen LogP contribution in [0.3, 0.4) is 0 Å². The fourth-order valence-electron chi connectivity index (χ4n) is 4.17. The summed E-state index contributed by atoms with van der Waals surface area (Å²) in [5, 5.41) is 1.21. The Hall–Kier alpha value is -3.08. The number of aryl methyl sites for hydroxylation is 3. The number of amides is 1. The zero-order valence-electron chi connectivity index (χ0n) is 18.7. The molecule has 5 heteroatoms. The van der Waals surface area contributed by atoms with Crippen LogP contribution in [0.5, 0.6) is 5.75 Å². The lowest BCUT2D eigenvalue weighted by molar-refractivity contribution is -0.131. The van der Waals surface area contributed by atoms with Crippen molar-refractivity contribution in [3.05, 3.63) is 65.2 Å². The third-order valence-corrected chi connectivity index (χ3v) is 6.08. The van der Waals surface area contributed by atoms with E-state index in [2.05, 4.69) is 43.0 Å². The van der Waals surface area contributed by atoms with Crippen LogP contribution >= 0.6 is 0 Å². The maximum Gasteiger partial charge on any atom is 0.222 e. The number of hydrogen-bond donors (Lipinski definition) is 0. The van der Waals surface area contributed by atoms with Crippen LogP contribution < -0.4 is 9.64 Å². The molecule has 162 valence electrons. The highest BCUT2D eigenvalue weighted by Gasteiger charge is 2.22. The van der Waals surface area contributed by atoms with Crippen LogP contribution in [0.15, 0.2) is 48.5 Å². The molecule has 0 bridgehead atoms. The van der Waals surface area contributed by atoms with Crippen LogP contribution in [-0.2, 0) is 4.79 Å². The van der Waals surface area contributed by atoms with Crippen molar-refractivity contribution >= 4 is 22.6 Å². The lowest BCUT2D eigenvalue weighted by atomic mass is 10.1. The number of pyridine rings is 1. The summed E-state index contributed by atoms with van der Waals surface area (Å²) >= 11 is 0. The van der Waals surface area contributed by atoms with Gasteiger partial charge in [0.2, 0.25) is 5.91 Å². The van der Waals surface area contributed by atoms with E-state index in [0.29, 0.717) is 13.0 Å². The molecule has 0 unspecified atom stereocenters. The molecular weight excluding hydrogens is 386 g/mol. The topological polar surface area (TPSA) is 45.7 Å². The van der Waals surface area contributed by atoms with Crippen molar-refractivity contribution < 1.29 is 9.53 Å². The fourth-order valence-corrected chi connectivity index (χ4v) is 4.17. The number of nitrogens with zero attached hydrogens (tertiary/aromatic N) is 3. The molecule has 1 aliphatic heterocycles. The van der Waals surface area contributed by atoms with E-state index in [1.165, 1.54) is 16.5 Å². The Kier molecular flexibility index (Phi) is 6.40. The van der Waals surface area contributed by atoms with Crippen molar-refractivity contribution in [2.75, 3.05) is 37.7 Å². The molecule has 1 aliphatic rings. The molecule has 1 aromatic heterocycles. The number of anilines is 1. The van der Waals surface area contributed by atoms with Crippen molar-refractivity contribution in [1.29, 1.82) is 0 Å². The van der Waals surface area contributed by atoms with E-state index in [1.54, 1.807) is 0 Å². The number of benzene rings is 2. The molecule has 5 nitrogen and oxygen atoms in total. The number of aromatic nitrogens is 1. The summed E-state index contributed by atoms with van der Waals surface area (Å²) in [6.45, 7) is 9.96. The Morgan fingerprint density at radius 2 is 1.68 bits per heavy atom. The second-order valence-electron chi connectivity index (χ2n) is 8.35. The maximum atomic E-state index is 12.6. The van der Waals surface area contributed by atoms with Crippen LogP contribution in [-0.4, -0.2) is 48.6 Å². The average molecular weight is 418 g/mol. The van der Waals surface area contributed by atoms with E-state index in [4.69, 9.17) is 9.72 Å². The number of carbonyl (C=O) groups excluding carboxylic acids is 1. The van der Waals surface area contributed by atoms with Crippen molar-refractivity contribution in [2.45, 2.75) is 33.6 Å². The zero-order valence-corrected chi connectivity index (χ0v) is 18.7. The van der Waals surface area contributed by atoms with Gasteiger partial charge in [-0.15, -0.1) is 0 Å². The first kappa shape index (κ1) is 21.2. The minimum Gasteiger partial charge on any atom is -0.493 e. The summed E-state index contributed by atoms with van der Waals surface area (Å²) in [6, 6.07) is 16.5. The van der Waals surface area contributed by atoms with Crippen molar-refractivity contribution in [1.82, 2.24) is 9.88 Å². The van der Waals surface area contributed by atoms with Gasteiger partial charge in [0, 0.05) is 38.0 Å². The van der Waals surface area contributed by atoms with Gasteiger partial charge in [-0.3, -0.25) is 4.79 Å². The highest BCUT2D eigenvalue weighted by atomic mass is 16.5. The van der Waals surface area contributed by atoms with Gasteiger partial charge in [0.1, 0.15) is 11.6 Å². The second kappa shape index (κ2) is 9.38. The van der Waals surface area contributed by atoms with Crippen LogP contribution in [0.4, 0.5) is 5.82 Å². The quantitative estimate of drug-likeness (QED) is 0.547. The molecule has 0 atom stereocenters. The number of rotatable bonds is 6. The van der Waals surface area contributed by atoms with Gasteiger partial charge in [-0.25, -0.2) is 4.98 Å². The molecule has 0 radical (unpaired) electrons. The predicted molar refractivity (Wildman–Crippen MR) is 126 cm³/mol. The molecule has 0 N–H and O–H groups in total. The number of ether oxygens (including phenoxy) is 1. The molecule has 2 aromatic carbocycles. The highest BCUT2D eigenvalue weighted by molar-refractivity contribution is 5.86. The van der Waals surface area contributed by atoms with Gasteiger partial charge in [-0.2, -0.15) is 0 Å². The minimum absolute atomic E-state index is 0.214. The number of para-hydroxylation sites is 2. The Morgan fingerprint density at radius 3 is 2.45 bits per heavy atom. The standard InChI is InChI=1S/C26H31N3O2/c1-19-8-4-5-11-23(19)31-17-7-12-25(30)29-15-13-28(14-16-29)24-18-21(3)22-10-6-9-20(2)26(22)27-24/h4-6,8-11,18H,7,12-17H2,1-3H3. The monoisotopic (exact) mass is 417 g/mol. The summed E-state index contributed by atoms with van der Waals surface area (Å²) in [6.07, 6.45) is 1.26. The SMILES string of the molecule is Cc1ccccc1OCCCC(=O)N1CCN(c2cc(C)c3cccc(C)c3n2)CC1. The Bertz CT molecular complexity index is 1070. The smallest absolute Gasteiger partial charge is 0.222 e. The molecule has 0 spiro atoms. The molecule has 1 saturated heterocycles. The van der Waals surface area contributed by atoms with E-state index in [9.17, 15) is 4.79 Å². The summed E-state index contributed by atoms with van der Waals surface area (Å²) in [5.74, 6) is 2.13. The van der Waals surface area contributed by atoms with Gasteiger partial charge >= 0.3 is 0 Å². The molecular formula is C26H31N3O2. The summed E-state index contributed by atoms with van der Waals surface area (Å²) in [7, 11) is 0. The van der Waals surface area contributed by atoms with Gasteiger partial charge in [-0.05, 0) is 56.0 Å².